The number of benzene rings is 1. The molecule has 0 bridgehead atoms. The van der Waals surface area contributed by atoms with E-state index in [1.165, 1.54) is 0 Å². The zero-order chi connectivity index (χ0) is 14.6. The fourth-order valence-corrected chi connectivity index (χ4v) is 3.09. The van der Waals surface area contributed by atoms with Crippen molar-refractivity contribution in [3.8, 4) is 0 Å². The zero-order valence-corrected chi connectivity index (χ0v) is 12.0. The lowest BCUT2D eigenvalue weighted by molar-refractivity contribution is -0.136. The number of rotatable bonds is 6. The fourth-order valence-electron chi connectivity index (χ4n) is 3.09. The van der Waals surface area contributed by atoms with Gasteiger partial charge in [-0.15, -0.1) is 0 Å². The number of aliphatic carboxylic acids is 1. The van der Waals surface area contributed by atoms with Gasteiger partial charge in [-0.2, -0.15) is 0 Å². The van der Waals surface area contributed by atoms with E-state index in [0.29, 0.717) is 13.1 Å². The van der Waals surface area contributed by atoms with Crippen molar-refractivity contribution in [1.82, 2.24) is 4.90 Å². The van der Waals surface area contributed by atoms with Crippen molar-refractivity contribution < 1.29 is 15.0 Å². The molecular formula is C16H23NO3. The van der Waals surface area contributed by atoms with Gasteiger partial charge in [0.05, 0.1) is 12.0 Å². The number of carbonyl (C=O) groups is 1. The van der Waals surface area contributed by atoms with Gasteiger partial charge in [-0.25, -0.2) is 0 Å². The summed E-state index contributed by atoms with van der Waals surface area (Å²) in [6, 6.07) is 7.63. The highest BCUT2D eigenvalue weighted by atomic mass is 16.4. The molecule has 0 amide bonds. The molecule has 4 nitrogen and oxygen atoms in total. The van der Waals surface area contributed by atoms with Gasteiger partial charge >= 0.3 is 5.97 Å². The van der Waals surface area contributed by atoms with Crippen LogP contribution in [0.3, 0.4) is 0 Å². The minimum absolute atomic E-state index is 0.0499. The monoisotopic (exact) mass is 277 g/mol. The molecule has 20 heavy (non-hydrogen) atoms. The number of hydrogen-bond donors (Lipinski definition) is 2. The van der Waals surface area contributed by atoms with E-state index in [1.54, 1.807) is 0 Å². The molecule has 2 rings (SSSR count). The summed E-state index contributed by atoms with van der Waals surface area (Å²) in [5.41, 5.74) is 1.32. The van der Waals surface area contributed by atoms with Crippen molar-refractivity contribution in [3.05, 3.63) is 35.4 Å². The molecule has 1 aromatic carbocycles. The first-order valence-electron chi connectivity index (χ1n) is 7.18. The summed E-state index contributed by atoms with van der Waals surface area (Å²) >= 11 is 0. The Morgan fingerprint density at radius 3 is 2.45 bits per heavy atom. The van der Waals surface area contributed by atoms with Gasteiger partial charge in [0.15, 0.2) is 0 Å². The maximum absolute atomic E-state index is 10.9. The quantitative estimate of drug-likeness (QED) is 0.835. The van der Waals surface area contributed by atoms with Crippen LogP contribution < -0.4 is 0 Å². The predicted octanol–water partition coefficient (Wildman–Crippen LogP) is 2.05. The van der Waals surface area contributed by atoms with Gasteiger partial charge in [-0.3, -0.25) is 9.69 Å². The van der Waals surface area contributed by atoms with Crippen molar-refractivity contribution >= 4 is 5.97 Å². The van der Waals surface area contributed by atoms with Crippen LogP contribution in [-0.4, -0.2) is 40.3 Å². The van der Waals surface area contributed by atoms with E-state index in [4.69, 9.17) is 5.11 Å². The van der Waals surface area contributed by atoms with Crippen LogP contribution in [0.2, 0.25) is 0 Å². The molecule has 0 heterocycles. The average Bonchev–Trinajstić information content (AvgIpc) is 2.77. The third-order valence-electron chi connectivity index (χ3n) is 4.00. The normalized spacial score (nSPS) is 17.6. The van der Waals surface area contributed by atoms with E-state index in [2.05, 4.69) is 4.90 Å². The average molecular weight is 277 g/mol. The van der Waals surface area contributed by atoms with Gasteiger partial charge in [0.2, 0.25) is 0 Å². The van der Waals surface area contributed by atoms with E-state index in [-0.39, 0.29) is 6.42 Å². The van der Waals surface area contributed by atoms with Crippen LogP contribution in [0.4, 0.5) is 0 Å². The molecule has 1 aromatic rings. The number of nitrogens with zero attached hydrogens (tertiary/aromatic N) is 1. The van der Waals surface area contributed by atoms with Gasteiger partial charge < -0.3 is 10.2 Å². The third kappa shape index (κ3) is 4.05. The van der Waals surface area contributed by atoms with Crippen molar-refractivity contribution in [2.24, 2.45) is 0 Å². The SMILES string of the molecule is CN(Cc1ccccc1CC(=O)O)CC1(O)CCCC1. The lowest BCUT2D eigenvalue weighted by Gasteiger charge is -2.29. The highest BCUT2D eigenvalue weighted by molar-refractivity contribution is 5.70. The number of hydrogen-bond acceptors (Lipinski definition) is 3. The Morgan fingerprint density at radius 1 is 1.25 bits per heavy atom. The van der Waals surface area contributed by atoms with Gasteiger partial charge in [0.25, 0.3) is 0 Å². The first-order chi connectivity index (χ1) is 9.48. The second-order valence-electron chi connectivity index (χ2n) is 5.94. The number of likely N-dealkylation sites (N-methyl/N-ethyl adjacent to an activating group) is 1. The topological polar surface area (TPSA) is 60.8 Å². The van der Waals surface area contributed by atoms with E-state index < -0.39 is 11.6 Å². The van der Waals surface area contributed by atoms with Gasteiger partial charge in [0.1, 0.15) is 0 Å². The van der Waals surface area contributed by atoms with Crippen LogP contribution in [0.15, 0.2) is 24.3 Å². The van der Waals surface area contributed by atoms with Crippen LogP contribution >= 0.6 is 0 Å². The van der Waals surface area contributed by atoms with Gasteiger partial charge in [-0.05, 0) is 31.0 Å². The first-order valence-corrected chi connectivity index (χ1v) is 7.18. The number of carboxylic acids is 1. The molecule has 1 fully saturated rings. The lowest BCUT2D eigenvalue weighted by atomic mass is 10.0. The van der Waals surface area contributed by atoms with Gasteiger partial charge in [-0.1, -0.05) is 37.1 Å². The smallest absolute Gasteiger partial charge is 0.307 e. The fraction of sp³-hybridized carbons (Fsp3) is 0.562. The molecule has 0 saturated heterocycles. The van der Waals surface area contributed by atoms with E-state index in [9.17, 15) is 9.90 Å². The molecule has 110 valence electrons. The Balaban J connectivity index is 2.00. The molecule has 1 aliphatic carbocycles. The number of aliphatic hydroxyl groups is 1. The highest BCUT2D eigenvalue weighted by Gasteiger charge is 2.32. The summed E-state index contributed by atoms with van der Waals surface area (Å²) in [5, 5.41) is 19.4. The summed E-state index contributed by atoms with van der Waals surface area (Å²) in [6.45, 7) is 1.32. The van der Waals surface area contributed by atoms with Crippen LogP contribution in [-0.2, 0) is 17.8 Å². The lowest BCUT2D eigenvalue weighted by Crippen LogP contribution is -2.38. The Labute approximate surface area is 120 Å². The molecule has 0 atom stereocenters. The molecule has 0 spiro atoms. The number of carboxylic acid groups (broad SMARTS) is 1. The zero-order valence-electron chi connectivity index (χ0n) is 12.0. The Hall–Kier alpha value is -1.39. The molecule has 4 heteroatoms. The third-order valence-corrected chi connectivity index (χ3v) is 4.00. The molecule has 1 aliphatic rings. The Bertz CT molecular complexity index is 467. The molecule has 0 radical (unpaired) electrons. The standard InChI is InChI=1S/C16H23NO3/c1-17(12-16(20)8-4-5-9-16)11-14-7-3-2-6-13(14)10-15(18)19/h2-3,6-7,20H,4-5,8-12H2,1H3,(H,18,19). The maximum Gasteiger partial charge on any atom is 0.307 e. The van der Waals surface area contributed by atoms with Crippen molar-refractivity contribution in [2.75, 3.05) is 13.6 Å². The van der Waals surface area contributed by atoms with E-state index in [0.717, 1.165) is 36.8 Å². The largest absolute Gasteiger partial charge is 0.481 e. The maximum atomic E-state index is 10.9. The van der Waals surface area contributed by atoms with Crippen molar-refractivity contribution in [1.29, 1.82) is 0 Å². The van der Waals surface area contributed by atoms with E-state index in [1.807, 2.05) is 31.3 Å². The Kier molecular flexibility index (Phi) is 4.78. The van der Waals surface area contributed by atoms with Crippen molar-refractivity contribution in [3.63, 3.8) is 0 Å². The molecular weight excluding hydrogens is 254 g/mol. The van der Waals surface area contributed by atoms with Gasteiger partial charge in [0, 0.05) is 13.1 Å². The summed E-state index contributed by atoms with van der Waals surface area (Å²) in [6.07, 6.45) is 3.98. The summed E-state index contributed by atoms with van der Waals surface area (Å²) in [4.78, 5) is 13.0. The predicted molar refractivity (Wildman–Crippen MR) is 77.5 cm³/mol. The molecule has 0 aliphatic heterocycles. The van der Waals surface area contributed by atoms with E-state index >= 15 is 0 Å². The molecule has 0 unspecified atom stereocenters. The molecule has 0 aromatic heterocycles. The second kappa shape index (κ2) is 6.37. The summed E-state index contributed by atoms with van der Waals surface area (Å²) in [7, 11) is 1.98. The minimum atomic E-state index is -0.811. The van der Waals surface area contributed by atoms with Crippen LogP contribution in [0.5, 0.6) is 0 Å². The molecule has 1 saturated carbocycles. The van der Waals surface area contributed by atoms with Crippen molar-refractivity contribution in [2.45, 2.75) is 44.2 Å². The summed E-state index contributed by atoms with van der Waals surface area (Å²) in [5.74, 6) is -0.811. The minimum Gasteiger partial charge on any atom is -0.481 e. The molecule has 2 N–H and O–H groups in total. The Morgan fingerprint density at radius 2 is 1.85 bits per heavy atom. The second-order valence-corrected chi connectivity index (χ2v) is 5.94. The summed E-state index contributed by atoms with van der Waals surface area (Å²) < 4.78 is 0. The van der Waals surface area contributed by atoms with Crippen LogP contribution in [0, 0.1) is 0 Å². The first kappa shape index (κ1) is 15.0. The van der Waals surface area contributed by atoms with Crippen LogP contribution in [0.1, 0.15) is 36.8 Å². The highest BCUT2D eigenvalue weighted by Crippen LogP contribution is 2.30. The van der Waals surface area contributed by atoms with Crippen LogP contribution in [0.25, 0.3) is 0 Å².